The predicted molar refractivity (Wildman–Crippen MR) is 257 cm³/mol. The number of carbonyl (C=O) groups excluding carboxylic acids is 3. The van der Waals surface area contributed by atoms with Crippen LogP contribution in [0.15, 0.2) is 23.8 Å². The topological polar surface area (TPSA) is 274 Å². The van der Waals surface area contributed by atoms with Gasteiger partial charge in [0.2, 0.25) is 0 Å². The Hall–Kier alpha value is -2.67. The van der Waals surface area contributed by atoms with E-state index in [1.165, 1.54) is 13.0 Å². The number of ether oxygens (including phenoxy) is 11. The lowest BCUT2D eigenvalue weighted by atomic mass is 9.35. The summed E-state index contributed by atoms with van der Waals surface area (Å²) in [6, 6.07) is 0. The van der Waals surface area contributed by atoms with Gasteiger partial charge in [0.1, 0.15) is 49.3 Å². The Balaban J connectivity index is 0.965. The van der Waals surface area contributed by atoms with Crippen molar-refractivity contribution in [2.75, 3.05) is 26.4 Å². The Kier molecular flexibility index (Phi) is 15.6. The Bertz CT molecular complexity index is 2150. The van der Waals surface area contributed by atoms with Gasteiger partial charge in [-0.2, -0.15) is 0 Å². The van der Waals surface area contributed by atoms with Gasteiger partial charge in [0, 0.05) is 44.1 Å². The van der Waals surface area contributed by atoms with Crippen molar-refractivity contribution in [3.63, 3.8) is 0 Å². The number of esters is 3. The molecule has 418 valence electrons. The van der Waals surface area contributed by atoms with Crippen molar-refractivity contribution >= 4 is 17.9 Å². The Morgan fingerprint density at radius 3 is 2.08 bits per heavy atom. The van der Waals surface area contributed by atoms with E-state index in [-0.39, 0.29) is 46.7 Å². The molecule has 6 N–H and O–H groups in total. The van der Waals surface area contributed by atoms with Crippen molar-refractivity contribution in [3.8, 4) is 0 Å². The molecule has 4 unspecified atom stereocenters. The van der Waals surface area contributed by atoms with Crippen LogP contribution in [0.2, 0.25) is 0 Å². The molecule has 5 aliphatic heterocycles. The molecule has 0 radical (unpaired) electrons. The molecule has 0 aromatic heterocycles. The third kappa shape index (κ3) is 9.53. The summed E-state index contributed by atoms with van der Waals surface area (Å²) in [7, 11) is 0. The largest absolute Gasteiger partial charge is 0.460 e. The summed E-state index contributed by atoms with van der Waals surface area (Å²) < 4.78 is 68.3. The van der Waals surface area contributed by atoms with Gasteiger partial charge in [-0.3, -0.25) is 9.59 Å². The van der Waals surface area contributed by atoms with Crippen molar-refractivity contribution in [2.24, 2.45) is 45.3 Å². The summed E-state index contributed by atoms with van der Waals surface area (Å²) in [5, 5.41) is 67.2. The van der Waals surface area contributed by atoms with E-state index >= 15 is 0 Å². The van der Waals surface area contributed by atoms with E-state index in [0.717, 1.165) is 57.1 Å². The minimum Gasteiger partial charge on any atom is -0.460 e. The third-order valence-corrected chi connectivity index (χ3v) is 19.4. The van der Waals surface area contributed by atoms with E-state index in [1.807, 2.05) is 6.92 Å². The molecule has 5 heterocycles. The number of fused-ring (bicyclic) bond motifs is 4. The molecule has 2 spiro atoms. The van der Waals surface area contributed by atoms with Crippen LogP contribution < -0.4 is 0 Å². The van der Waals surface area contributed by atoms with E-state index in [1.54, 1.807) is 6.92 Å². The molecular weight excluding hydrogens is 969 g/mol. The summed E-state index contributed by atoms with van der Waals surface area (Å²) in [5.74, 6) is -2.54. The molecule has 74 heavy (non-hydrogen) atoms. The fraction of sp³-hybridized carbons (Fsp3) is 0.870. The molecule has 5 saturated heterocycles. The van der Waals surface area contributed by atoms with Crippen LogP contribution in [0, 0.1) is 45.3 Å². The van der Waals surface area contributed by atoms with Gasteiger partial charge >= 0.3 is 17.9 Å². The molecule has 0 aromatic rings. The van der Waals surface area contributed by atoms with Crippen LogP contribution >= 0.6 is 0 Å². The van der Waals surface area contributed by atoms with E-state index in [2.05, 4.69) is 47.6 Å². The first-order valence-electron chi connectivity index (χ1n) is 26.8. The first-order chi connectivity index (χ1) is 34.7. The molecule has 20 nitrogen and oxygen atoms in total. The number of aliphatic hydroxyl groups is 6. The molecule has 0 amide bonds. The van der Waals surface area contributed by atoms with Crippen LogP contribution in [0.4, 0.5) is 0 Å². The zero-order valence-electron chi connectivity index (χ0n) is 44.6. The summed E-state index contributed by atoms with van der Waals surface area (Å²) in [4.78, 5) is 38.1. The summed E-state index contributed by atoms with van der Waals surface area (Å²) in [6.45, 7) is 18.6. The van der Waals surface area contributed by atoms with Crippen molar-refractivity contribution in [1.29, 1.82) is 0 Å². The average Bonchev–Trinajstić information content (AvgIpc) is 3.83. The minimum absolute atomic E-state index is 0.0897. The number of rotatable bonds is 12. The van der Waals surface area contributed by atoms with Crippen molar-refractivity contribution in [1.82, 2.24) is 0 Å². The summed E-state index contributed by atoms with van der Waals surface area (Å²) in [5.41, 5.74) is -0.603. The Morgan fingerprint density at radius 2 is 1.39 bits per heavy atom. The number of aliphatic hydroxyl groups excluding tert-OH is 5. The van der Waals surface area contributed by atoms with Gasteiger partial charge in [0.15, 0.2) is 43.0 Å². The lowest BCUT2D eigenvalue weighted by Gasteiger charge is -2.70. The fourth-order valence-corrected chi connectivity index (χ4v) is 16.5. The van der Waals surface area contributed by atoms with Gasteiger partial charge in [0.25, 0.3) is 0 Å². The number of allylic oxidation sites excluding steroid dienone is 2. The van der Waals surface area contributed by atoms with Crippen LogP contribution in [-0.2, 0) is 66.5 Å². The smallest absolute Gasteiger partial charge is 0.330 e. The van der Waals surface area contributed by atoms with E-state index in [4.69, 9.17) is 52.1 Å². The highest BCUT2D eigenvalue weighted by Gasteiger charge is 2.81. The normalized spacial score (nSPS) is 50.4. The first kappa shape index (κ1) is 56.1. The second-order valence-electron chi connectivity index (χ2n) is 24.6. The Labute approximate surface area is 433 Å². The minimum atomic E-state index is -1.84. The number of hydrogen-bond acceptors (Lipinski definition) is 20. The standard InChI is InChI=1S/C54H82O20/c1-11-12-37(59)64-23-33-39(61)42(68-27(4)55)44(73-46-40(62)38(60)31(57)21-65-46)48(70-33)72-41-32(58)22-66-47(43(41)69-28(5)56)71-36-16-17-50(8)34(49(36,6)7)15-18-51(9)35(50)14-13-30-45-52(10,63)20-29(19-26(2)3)74-54(45)24-53(30,51)25-67-54/h11-12,19,29-36,38-48,57-58,60-63H,13-18,20-25H2,1-10H3/b12-11+/t29?,30-,31-,32+,33-,34?,35-,36?,38+,39-,40-,41+,42+,43-,44-,45?,46+,47+,48+,50+,51-,52+,53+,54+/m1/s1. The van der Waals surface area contributed by atoms with Gasteiger partial charge in [-0.1, -0.05) is 45.4 Å². The molecule has 9 aliphatic rings. The van der Waals surface area contributed by atoms with Gasteiger partial charge in [0.05, 0.1) is 37.6 Å². The number of carbonyl (C=O) groups is 3. The van der Waals surface area contributed by atoms with Gasteiger partial charge < -0.3 is 82.7 Å². The average molecular weight is 1050 g/mol. The maximum atomic E-state index is 13.0. The molecule has 9 fully saturated rings. The highest BCUT2D eigenvalue weighted by Crippen LogP contribution is 2.80. The predicted octanol–water partition coefficient (Wildman–Crippen LogP) is 2.87. The van der Waals surface area contributed by atoms with E-state index in [0.29, 0.717) is 25.4 Å². The fourth-order valence-electron chi connectivity index (χ4n) is 16.5. The van der Waals surface area contributed by atoms with Gasteiger partial charge in [-0.05, 0) is 100 Å². The molecule has 2 bridgehead atoms. The highest BCUT2D eigenvalue weighted by atomic mass is 16.8. The number of hydrogen-bond donors (Lipinski definition) is 6. The lowest BCUT2D eigenvalue weighted by molar-refractivity contribution is -0.381. The van der Waals surface area contributed by atoms with Crippen LogP contribution in [0.1, 0.15) is 121 Å². The van der Waals surface area contributed by atoms with Crippen LogP contribution in [0.3, 0.4) is 0 Å². The molecule has 0 aromatic carbocycles. The second kappa shape index (κ2) is 20.5. The first-order valence-corrected chi connectivity index (χ1v) is 26.8. The van der Waals surface area contributed by atoms with Crippen LogP contribution in [-0.4, -0.2) is 178 Å². The summed E-state index contributed by atoms with van der Waals surface area (Å²) >= 11 is 0. The van der Waals surface area contributed by atoms with Crippen LogP contribution in [0.5, 0.6) is 0 Å². The molecule has 20 heteroatoms. The molecular formula is C54H82O20. The highest BCUT2D eigenvalue weighted by molar-refractivity contribution is 5.81. The zero-order chi connectivity index (χ0) is 53.7. The molecule has 24 atom stereocenters. The van der Waals surface area contributed by atoms with Crippen LogP contribution in [0.25, 0.3) is 0 Å². The lowest BCUT2D eigenvalue weighted by Crippen LogP contribution is -2.68. The monoisotopic (exact) mass is 1050 g/mol. The van der Waals surface area contributed by atoms with E-state index in [9.17, 15) is 45.0 Å². The van der Waals surface area contributed by atoms with Crippen molar-refractivity contribution in [2.45, 2.75) is 224 Å². The Morgan fingerprint density at radius 1 is 0.716 bits per heavy atom. The quantitative estimate of drug-likeness (QED) is 0.0539. The molecule has 9 rings (SSSR count). The maximum Gasteiger partial charge on any atom is 0.330 e. The van der Waals surface area contributed by atoms with Crippen molar-refractivity contribution < 1.29 is 97.1 Å². The summed E-state index contributed by atoms with van der Waals surface area (Å²) in [6.07, 6.45) is -10.0. The third-order valence-electron chi connectivity index (χ3n) is 19.4. The van der Waals surface area contributed by atoms with E-state index < -0.39 is 134 Å². The second-order valence-corrected chi connectivity index (χ2v) is 24.6. The molecule has 4 saturated carbocycles. The maximum absolute atomic E-state index is 13.0. The SMILES string of the molecule is C/C=C/C(=O)OC[C@H]1O[C@@H](O[C@@H]2[C@@H](OC(C)=O)[C@H](OC3CC[C@@]4(C)C(CC[C@]5(C)[C@@H]4CC[C@@H]4C6[C@]7(C[C@]45CO7)OC(C=C(C)C)C[C@]6(C)O)C3(C)C)OC[C@@H]2O)[C@H](O[C@@H]2OC[C@@H](O)[C@H](O)[C@H]2O)[C@@H](OC(C)=O)[C@@H]1O. The van der Waals surface area contributed by atoms with Gasteiger partial charge in [-0.15, -0.1) is 0 Å². The van der Waals surface area contributed by atoms with Crippen molar-refractivity contribution in [3.05, 3.63) is 23.8 Å². The molecule has 4 aliphatic carbocycles. The van der Waals surface area contributed by atoms with Gasteiger partial charge in [-0.25, -0.2) is 4.79 Å². The zero-order valence-corrected chi connectivity index (χ0v) is 44.6.